The number of likely N-dealkylation sites (tertiary alicyclic amines) is 1. The first-order chi connectivity index (χ1) is 14.8. The smallest absolute Gasteiger partial charge is 0.225 e. The number of benzene rings is 2. The zero-order valence-electron chi connectivity index (χ0n) is 18.1. The molecule has 4 rings (SSSR count). The van der Waals surface area contributed by atoms with Crippen molar-refractivity contribution in [3.05, 3.63) is 65.5 Å². The highest BCUT2D eigenvalue weighted by Crippen LogP contribution is 2.29. The lowest BCUT2D eigenvalue weighted by atomic mass is 10.1. The molecule has 5 nitrogen and oxygen atoms in total. The highest BCUT2D eigenvalue weighted by atomic mass is 32.1. The molecule has 2 aromatic carbocycles. The van der Waals surface area contributed by atoms with Crippen molar-refractivity contribution in [1.82, 2.24) is 15.2 Å². The molecule has 31 heavy (non-hydrogen) atoms. The Morgan fingerprint density at radius 3 is 2.58 bits per heavy atom. The van der Waals surface area contributed by atoms with E-state index in [0.717, 1.165) is 27.4 Å². The predicted octanol–water partition coefficient (Wildman–Crippen LogP) is 4.74. The predicted molar refractivity (Wildman–Crippen MR) is 124 cm³/mol. The van der Waals surface area contributed by atoms with Crippen LogP contribution in [-0.4, -0.2) is 33.8 Å². The molecule has 0 saturated carbocycles. The summed E-state index contributed by atoms with van der Waals surface area (Å²) in [6.07, 6.45) is 0.282. The molecule has 0 radical (unpaired) electrons. The van der Waals surface area contributed by atoms with Gasteiger partial charge in [-0.25, -0.2) is 4.98 Å². The van der Waals surface area contributed by atoms with Crippen molar-refractivity contribution >= 4 is 23.2 Å². The summed E-state index contributed by atoms with van der Waals surface area (Å²) in [5.74, 6) is -0.305. The first-order valence-corrected chi connectivity index (χ1v) is 11.4. The molecule has 0 aliphatic carbocycles. The Morgan fingerprint density at radius 1 is 1.13 bits per heavy atom. The Morgan fingerprint density at radius 2 is 1.87 bits per heavy atom. The van der Waals surface area contributed by atoms with Crippen LogP contribution in [0.4, 0.5) is 0 Å². The number of nitrogens with one attached hydrogen (secondary N) is 1. The molecule has 1 aromatic heterocycles. The summed E-state index contributed by atoms with van der Waals surface area (Å²) >= 11 is 1.61. The van der Waals surface area contributed by atoms with E-state index in [2.05, 4.69) is 28.9 Å². The van der Waals surface area contributed by atoms with Crippen LogP contribution in [0.25, 0.3) is 21.8 Å². The molecule has 1 aliphatic rings. The molecule has 0 bridgehead atoms. The third kappa shape index (κ3) is 4.85. The monoisotopic (exact) mass is 433 g/mol. The van der Waals surface area contributed by atoms with Gasteiger partial charge in [0, 0.05) is 41.6 Å². The van der Waals surface area contributed by atoms with Gasteiger partial charge in [0.15, 0.2) is 0 Å². The lowest BCUT2D eigenvalue weighted by Crippen LogP contribution is -2.43. The maximum absolute atomic E-state index is 12.7. The number of hydrogen-bond acceptors (Lipinski definition) is 4. The Bertz CT molecular complexity index is 1090. The normalized spacial score (nSPS) is 16.5. The van der Waals surface area contributed by atoms with Crippen molar-refractivity contribution in [3.8, 4) is 21.8 Å². The van der Waals surface area contributed by atoms with E-state index >= 15 is 0 Å². The van der Waals surface area contributed by atoms with Gasteiger partial charge in [-0.2, -0.15) is 0 Å². The number of aromatic nitrogens is 1. The summed E-state index contributed by atoms with van der Waals surface area (Å²) < 4.78 is 0. The second-order valence-electron chi connectivity index (χ2n) is 8.90. The molecule has 3 aromatic rings. The standard InChI is InChI=1S/C25H27N3O2S/c1-25(2,3)28-15-20(13-22(28)29)23(30)26-14-17-8-7-11-19(12-17)24-27-21(16-31-24)18-9-5-4-6-10-18/h4-12,16,20H,13-15H2,1-3H3,(H,26,30). The Labute approximate surface area is 187 Å². The van der Waals surface area contributed by atoms with Crippen LogP contribution < -0.4 is 5.32 Å². The van der Waals surface area contributed by atoms with E-state index in [9.17, 15) is 9.59 Å². The van der Waals surface area contributed by atoms with Crippen molar-refractivity contribution in [2.24, 2.45) is 5.92 Å². The SMILES string of the molecule is CC(C)(C)N1CC(C(=O)NCc2cccc(-c3nc(-c4ccccc4)cs3)c2)CC1=O. The lowest BCUT2D eigenvalue weighted by molar-refractivity contribution is -0.132. The van der Waals surface area contributed by atoms with Crippen LogP contribution in [0.1, 0.15) is 32.8 Å². The van der Waals surface area contributed by atoms with Crippen LogP contribution in [0, 0.1) is 5.92 Å². The third-order valence-corrected chi connectivity index (χ3v) is 6.41. The molecule has 1 fully saturated rings. The zero-order valence-corrected chi connectivity index (χ0v) is 18.9. The number of hydrogen-bond donors (Lipinski definition) is 1. The number of thiazole rings is 1. The number of rotatable bonds is 5. The fraction of sp³-hybridized carbons (Fsp3) is 0.320. The van der Waals surface area contributed by atoms with Crippen LogP contribution in [0.3, 0.4) is 0 Å². The van der Waals surface area contributed by atoms with Gasteiger partial charge in [0.05, 0.1) is 11.6 Å². The molecule has 1 N–H and O–H groups in total. The zero-order chi connectivity index (χ0) is 22.0. The maximum atomic E-state index is 12.7. The topological polar surface area (TPSA) is 62.3 Å². The van der Waals surface area contributed by atoms with Crippen molar-refractivity contribution < 1.29 is 9.59 Å². The van der Waals surface area contributed by atoms with E-state index in [1.54, 1.807) is 16.2 Å². The quantitative estimate of drug-likeness (QED) is 0.632. The molecule has 6 heteroatoms. The molecular weight excluding hydrogens is 406 g/mol. The lowest BCUT2D eigenvalue weighted by Gasteiger charge is -2.31. The molecule has 1 atom stereocenters. The Hall–Kier alpha value is -2.99. The molecule has 1 saturated heterocycles. The average Bonchev–Trinajstić information content (AvgIpc) is 3.40. The van der Waals surface area contributed by atoms with Gasteiger partial charge in [0.1, 0.15) is 5.01 Å². The van der Waals surface area contributed by atoms with Crippen LogP contribution in [-0.2, 0) is 16.1 Å². The summed E-state index contributed by atoms with van der Waals surface area (Å²) in [6, 6.07) is 18.2. The second-order valence-corrected chi connectivity index (χ2v) is 9.76. The van der Waals surface area contributed by atoms with Gasteiger partial charge in [-0.15, -0.1) is 11.3 Å². The first-order valence-electron chi connectivity index (χ1n) is 10.5. The molecular formula is C25H27N3O2S. The first kappa shape index (κ1) is 21.2. The van der Waals surface area contributed by atoms with Gasteiger partial charge in [-0.1, -0.05) is 48.5 Å². The molecule has 160 valence electrons. The van der Waals surface area contributed by atoms with Crippen LogP contribution >= 0.6 is 11.3 Å². The van der Waals surface area contributed by atoms with Crippen molar-refractivity contribution in [2.75, 3.05) is 6.54 Å². The van der Waals surface area contributed by atoms with E-state index < -0.39 is 0 Å². The van der Waals surface area contributed by atoms with Gasteiger partial charge >= 0.3 is 0 Å². The van der Waals surface area contributed by atoms with Gasteiger partial charge in [0.25, 0.3) is 0 Å². The molecule has 1 unspecified atom stereocenters. The minimum Gasteiger partial charge on any atom is -0.352 e. The highest BCUT2D eigenvalue weighted by molar-refractivity contribution is 7.13. The molecule has 2 amide bonds. The van der Waals surface area contributed by atoms with Crippen LogP contribution in [0.2, 0.25) is 0 Å². The van der Waals surface area contributed by atoms with Crippen LogP contribution in [0.15, 0.2) is 60.0 Å². The average molecular weight is 434 g/mol. The molecule has 0 spiro atoms. The highest BCUT2D eigenvalue weighted by Gasteiger charge is 2.39. The van der Waals surface area contributed by atoms with Gasteiger partial charge in [-0.05, 0) is 32.4 Å². The minimum absolute atomic E-state index is 0.0487. The number of carbonyl (C=O) groups excluding carboxylic acids is 2. The second kappa shape index (κ2) is 8.63. The van der Waals surface area contributed by atoms with E-state index in [-0.39, 0.29) is 29.7 Å². The summed E-state index contributed by atoms with van der Waals surface area (Å²) in [5.41, 5.74) is 3.86. The Kier molecular flexibility index (Phi) is 5.92. The van der Waals surface area contributed by atoms with E-state index in [0.29, 0.717) is 13.1 Å². The molecule has 2 heterocycles. The van der Waals surface area contributed by atoms with E-state index in [1.165, 1.54) is 0 Å². The van der Waals surface area contributed by atoms with Crippen molar-refractivity contribution in [2.45, 2.75) is 39.3 Å². The summed E-state index contributed by atoms with van der Waals surface area (Å²) in [4.78, 5) is 31.5. The largest absolute Gasteiger partial charge is 0.352 e. The van der Waals surface area contributed by atoms with Crippen LogP contribution in [0.5, 0.6) is 0 Å². The third-order valence-electron chi connectivity index (χ3n) is 5.52. The summed E-state index contributed by atoms with van der Waals surface area (Å²) in [6.45, 7) is 6.91. The Balaban J connectivity index is 1.40. The number of amides is 2. The maximum Gasteiger partial charge on any atom is 0.225 e. The number of carbonyl (C=O) groups is 2. The minimum atomic E-state index is -0.290. The summed E-state index contributed by atoms with van der Waals surface area (Å²) in [5, 5.41) is 6.03. The molecule has 1 aliphatic heterocycles. The summed E-state index contributed by atoms with van der Waals surface area (Å²) in [7, 11) is 0. The van der Waals surface area contributed by atoms with Gasteiger partial charge in [-0.3, -0.25) is 9.59 Å². The van der Waals surface area contributed by atoms with E-state index in [4.69, 9.17) is 4.98 Å². The van der Waals surface area contributed by atoms with Crippen molar-refractivity contribution in [3.63, 3.8) is 0 Å². The fourth-order valence-electron chi connectivity index (χ4n) is 3.83. The van der Waals surface area contributed by atoms with Gasteiger partial charge in [0.2, 0.25) is 11.8 Å². The number of nitrogens with zero attached hydrogens (tertiary/aromatic N) is 2. The van der Waals surface area contributed by atoms with Gasteiger partial charge < -0.3 is 10.2 Å². The van der Waals surface area contributed by atoms with E-state index in [1.807, 2.05) is 57.2 Å². The van der Waals surface area contributed by atoms with Crippen molar-refractivity contribution in [1.29, 1.82) is 0 Å². The fourth-order valence-corrected chi connectivity index (χ4v) is 4.65.